The van der Waals surface area contributed by atoms with E-state index in [0.29, 0.717) is 11.6 Å². The fraction of sp³-hybridized carbons (Fsp3) is 0.421. The summed E-state index contributed by atoms with van der Waals surface area (Å²) in [6.07, 6.45) is 0. The predicted molar refractivity (Wildman–Crippen MR) is 100 cm³/mol. The van der Waals surface area contributed by atoms with Crippen molar-refractivity contribution in [2.45, 2.75) is 20.8 Å². The molecule has 0 spiro atoms. The molecule has 1 fully saturated rings. The highest BCUT2D eigenvalue weighted by atomic mass is 16.1. The lowest BCUT2D eigenvalue weighted by Crippen LogP contribution is -2.45. The Labute approximate surface area is 148 Å². The molecule has 0 aliphatic carbocycles. The van der Waals surface area contributed by atoms with Gasteiger partial charge in [-0.3, -0.25) is 4.79 Å². The average Bonchev–Trinajstić information content (AvgIpc) is 2.58. The van der Waals surface area contributed by atoms with Crippen molar-refractivity contribution < 1.29 is 4.79 Å². The molecular weight excluding hydrogens is 314 g/mol. The van der Waals surface area contributed by atoms with E-state index in [1.165, 1.54) is 0 Å². The molecule has 132 valence electrons. The summed E-state index contributed by atoms with van der Waals surface area (Å²) in [5.74, 6) is 0.439. The summed E-state index contributed by atoms with van der Waals surface area (Å²) in [6.45, 7) is 9.58. The van der Waals surface area contributed by atoms with Gasteiger partial charge < -0.3 is 15.1 Å². The summed E-state index contributed by atoms with van der Waals surface area (Å²) >= 11 is 0. The van der Waals surface area contributed by atoms with Crippen LogP contribution in [0, 0.1) is 20.8 Å². The number of piperazine rings is 1. The van der Waals surface area contributed by atoms with Crippen LogP contribution in [-0.4, -0.2) is 54.0 Å². The second-order valence-electron chi connectivity index (χ2n) is 6.76. The molecule has 1 aromatic carbocycles. The molecule has 0 atom stereocenters. The zero-order chi connectivity index (χ0) is 18.0. The summed E-state index contributed by atoms with van der Waals surface area (Å²) in [7, 11) is 2.11. The lowest BCUT2D eigenvalue weighted by atomic mass is 10.1. The van der Waals surface area contributed by atoms with Gasteiger partial charge in [0, 0.05) is 37.6 Å². The molecule has 1 aliphatic rings. The van der Waals surface area contributed by atoms with Crippen LogP contribution in [0.15, 0.2) is 24.3 Å². The highest BCUT2D eigenvalue weighted by molar-refractivity contribution is 6.03. The van der Waals surface area contributed by atoms with E-state index in [1.807, 2.05) is 39.0 Å². The number of amides is 1. The van der Waals surface area contributed by atoms with Gasteiger partial charge in [-0.15, -0.1) is 0 Å². The number of anilines is 2. The van der Waals surface area contributed by atoms with Gasteiger partial charge in [0.1, 0.15) is 5.69 Å². The zero-order valence-corrected chi connectivity index (χ0v) is 15.3. The van der Waals surface area contributed by atoms with E-state index in [-0.39, 0.29) is 5.91 Å². The first kappa shape index (κ1) is 17.4. The number of aryl methyl sites for hydroxylation is 3. The number of nitrogens with one attached hydrogen (secondary N) is 1. The smallest absolute Gasteiger partial charge is 0.274 e. The third kappa shape index (κ3) is 4.14. The number of likely N-dealkylation sites (N-methyl/N-ethyl adjacent to an activating group) is 1. The van der Waals surface area contributed by atoms with Crippen molar-refractivity contribution in [3.8, 4) is 0 Å². The van der Waals surface area contributed by atoms with Crippen molar-refractivity contribution >= 4 is 17.5 Å². The molecule has 6 heteroatoms. The Morgan fingerprint density at radius 1 is 1.04 bits per heavy atom. The fourth-order valence-corrected chi connectivity index (χ4v) is 2.87. The molecule has 0 unspecified atom stereocenters. The van der Waals surface area contributed by atoms with Crippen molar-refractivity contribution in [3.63, 3.8) is 0 Å². The molecule has 0 saturated carbocycles. The number of rotatable bonds is 3. The molecule has 2 heterocycles. The second kappa shape index (κ2) is 7.19. The molecule has 2 aromatic rings. The fourth-order valence-electron chi connectivity index (χ4n) is 2.87. The summed E-state index contributed by atoms with van der Waals surface area (Å²) in [4.78, 5) is 26.1. The first-order valence-electron chi connectivity index (χ1n) is 8.60. The van der Waals surface area contributed by atoms with Crippen LogP contribution in [0.4, 0.5) is 11.6 Å². The highest BCUT2D eigenvalue weighted by Crippen LogP contribution is 2.18. The summed E-state index contributed by atoms with van der Waals surface area (Å²) in [5.41, 5.74) is 4.17. The quantitative estimate of drug-likeness (QED) is 0.930. The van der Waals surface area contributed by atoms with Crippen LogP contribution < -0.4 is 10.2 Å². The van der Waals surface area contributed by atoms with Crippen molar-refractivity contribution in [3.05, 3.63) is 46.8 Å². The number of benzene rings is 1. The van der Waals surface area contributed by atoms with E-state index in [9.17, 15) is 4.79 Å². The van der Waals surface area contributed by atoms with Crippen LogP contribution in [0.5, 0.6) is 0 Å². The zero-order valence-electron chi connectivity index (χ0n) is 15.3. The first-order valence-corrected chi connectivity index (χ1v) is 8.60. The minimum atomic E-state index is -0.199. The molecule has 0 radical (unpaired) electrons. The number of aromatic nitrogens is 2. The molecular formula is C19H25N5O. The summed E-state index contributed by atoms with van der Waals surface area (Å²) in [5, 5.41) is 2.98. The molecule has 3 rings (SSSR count). The Morgan fingerprint density at radius 3 is 2.48 bits per heavy atom. The van der Waals surface area contributed by atoms with Gasteiger partial charge in [0.2, 0.25) is 5.95 Å². The maximum absolute atomic E-state index is 12.7. The van der Waals surface area contributed by atoms with Crippen molar-refractivity contribution in [1.29, 1.82) is 0 Å². The van der Waals surface area contributed by atoms with Crippen molar-refractivity contribution in [2.24, 2.45) is 0 Å². The molecule has 25 heavy (non-hydrogen) atoms. The van der Waals surface area contributed by atoms with Gasteiger partial charge >= 0.3 is 0 Å². The van der Waals surface area contributed by atoms with Crippen molar-refractivity contribution in [2.75, 3.05) is 43.4 Å². The van der Waals surface area contributed by atoms with Crippen LogP contribution in [0.25, 0.3) is 0 Å². The van der Waals surface area contributed by atoms with E-state index in [2.05, 4.69) is 32.1 Å². The van der Waals surface area contributed by atoms with Gasteiger partial charge in [-0.05, 0) is 51.1 Å². The molecule has 0 bridgehead atoms. The molecule has 1 amide bonds. The van der Waals surface area contributed by atoms with Gasteiger partial charge in [-0.2, -0.15) is 0 Å². The lowest BCUT2D eigenvalue weighted by Gasteiger charge is -2.32. The molecule has 1 aromatic heterocycles. The van der Waals surface area contributed by atoms with Gasteiger partial charge in [0.05, 0.1) is 0 Å². The number of carbonyl (C=O) groups excluding carboxylic acids is 1. The Hall–Kier alpha value is -2.47. The van der Waals surface area contributed by atoms with Gasteiger partial charge in [-0.1, -0.05) is 12.1 Å². The monoisotopic (exact) mass is 339 g/mol. The summed E-state index contributed by atoms with van der Waals surface area (Å²) in [6, 6.07) is 7.75. The molecule has 1 N–H and O–H groups in total. The second-order valence-corrected chi connectivity index (χ2v) is 6.76. The predicted octanol–water partition coefficient (Wildman–Crippen LogP) is 2.41. The summed E-state index contributed by atoms with van der Waals surface area (Å²) < 4.78 is 0. The maximum atomic E-state index is 12.7. The Bertz CT molecular complexity index is 781. The first-order chi connectivity index (χ1) is 11.9. The molecule has 1 aliphatic heterocycles. The van der Waals surface area contributed by atoms with Gasteiger partial charge in [0.25, 0.3) is 5.91 Å². The third-order valence-electron chi connectivity index (χ3n) is 4.50. The highest BCUT2D eigenvalue weighted by Gasteiger charge is 2.19. The van der Waals surface area contributed by atoms with E-state index in [4.69, 9.17) is 0 Å². The van der Waals surface area contributed by atoms with Gasteiger partial charge in [-0.25, -0.2) is 9.97 Å². The lowest BCUT2D eigenvalue weighted by molar-refractivity contribution is 0.102. The molecule has 6 nitrogen and oxygen atoms in total. The van der Waals surface area contributed by atoms with Crippen LogP contribution in [0.2, 0.25) is 0 Å². The number of hydrogen-bond donors (Lipinski definition) is 1. The largest absolute Gasteiger partial charge is 0.338 e. The van der Waals surface area contributed by atoms with Gasteiger partial charge in [0.15, 0.2) is 0 Å². The average molecular weight is 339 g/mol. The van der Waals surface area contributed by atoms with Crippen LogP contribution in [0.1, 0.15) is 27.3 Å². The molecule has 1 saturated heterocycles. The van der Waals surface area contributed by atoms with E-state index >= 15 is 0 Å². The Kier molecular flexibility index (Phi) is 4.99. The Morgan fingerprint density at radius 2 is 1.76 bits per heavy atom. The topological polar surface area (TPSA) is 61.4 Å². The normalized spacial score (nSPS) is 15.3. The van der Waals surface area contributed by atoms with E-state index in [0.717, 1.165) is 48.7 Å². The number of nitrogens with zero attached hydrogens (tertiary/aromatic N) is 4. The van der Waals surface area contributed by atoms with Crippen LogP contribution in [-0.2, 0) is 0 Å². The van der Waals surface area contributed by atoms with Crippen LogP contribution in [0.3, 0.4) is 0 Å². The maximum Gasteiger partial charge on any atom is 0.274 e. The third-order valence-corrected chi connectivity index (χ3v) is 4.50. The van der Waals surface area contributed by atoms with E-state index < -0.39 is 0 Å². The van der Waals surface area contributed by atoms with Crippen molar-refractivity contribution in [1.82, 2.24) is 14.9 Å². The standard InChI is InChI=1S/C19H25N5O/c1-13-5-6-14(2)16(11-13)21-18(25)17-12-15(3)20-19(22-17)24-9-7-23(4)8-10-24/h5-6,11-12H,7-10H2,1-4H3,(H,21,25). The number of carbonyl (C=O) groups is 1. The van der Waals surface area contributed by atoms with E-state index in [1.54, 1.807) is 6.07 Å². The Balaban J connectivity index is 1.82. The minimum Gasteiger partial charge on any atom is -0.338 e. The number of hydrogen-bond acceptors (Lipinski definition) is 5. The van der Waals surface area contributed by atoms with Crippen LogP contribution >= 0.6 is 0 Å². The SMILES string of the molecule is Cc1ccc(C)c(NC(=O)c2cc(C)nc(N3CCN(C)CC3)n2)c1. The minimum absolute atomic E-state index is 0.199.